The van der Waals surface area contributed by atoms with Gasteiger partial charge in [0.15, 0.2) is 0 Å². The molecule has 0 aromatic carbocycles. The second-order valence-electron chi connectivity index (χ2n) is 3.62. The van der Waals surface area contributed by atoms with E-state index < -0.39 is 13.9 Å². The molecule has 88 valence electrons. The fourth-order valence-corrected chi connectivity index (χ4v) is 3.65. The molecule has 1 aliphatic rings. The zero-order valence-electron chi connectivity index (χ0n) is 8.96. The van der Waals surface area contributed by atoms with Gasteiger partial charge >= 0.3 is 0 Å². The number of carbonyl (C=O) groups excluding carboxylic acids is 1. The molecule has 0 radical (unpaired) electrons. The van der Waals surface area contributed by atoms with Gasteiger partial charge in [-0.15, -0.1) is 0 Å². The lowest BCUT2D eigenvalue weighted by Gasteiger charge is -2.28. The quantitative estimate of drug-likeness (QED) is 0.553. The summed E-state index contributed by atoms with van der Waals surface area (Å²) in [6.07, 6.45) is 2.53. The highest BCUT2D eigenvalue weighted by atomic mass is 31.2. The third-order valence-corrected chi connectivity index (χ3v) is 4.72. The number of rotatable bonds is 6. The second kappa shape index (κ2) is 5.75. The highest BCUT2D eigenvalue weighted by molar-refractivity contribution is 7.56. The van der Waals surface area contributed by atoms with Crippen molar-refractivity contribution in [3.05, 3.63) is 0 Å². The van der Waals surface area contributed by atoms with Crippen LogP contribution in [-0.2, 0) is 13.9 Å². The van der Waals surface area contributed by atoms with Gasteiger partial charge in [-0.1, -0.05) is 6.92 Å². The van der Waals surface area contributed by atoms with Crippen LogP contribution in [0, 0.1) is 0 Å². The van der Waals surface area contributed by atoms with Crippen LogP contribution in [0.3, 0.4) is 0 Å². The molecule has 1 fully saturated rings. The predicted octanol–water partition coefficient (Wildman–Crippen LogP) is 1.22. The summed E-state index contributed by atoms with van der Waals surface area (Å²) < 4.78 is 18.9. The van der Waals surface area contributed by atoms with Gasteiger partial charge in [0, 0.05) is 6.54 Å². The number of aliphatic hydroxyl groups excluding tert-OH is 1. The molecule has 0 aromatic heterocycles. The zero-order chi connectivity index (χ0) is 11.3. The second-order valence-corrected chi connectivity index (χ2v) is 5.95. The Labute approximate surface area is 89.9 Å². The van der Waals surface area contributed by atoms with Gasteiger partial charge in [-0.3, -0.25) is 4.57 Å². The molecule has 1 N–H and O–H groups in total. The average molecular weight is 235 g/mol. The van der Waals surface area contributed by atoms with E-state index in [1.165, 1.54) is 4.67 Å². The molecule has 0 saturated carbocycles. The molecule has 1 heterocycles. The van der Waals surface area contributed by atoms with Crippen molar-refractivity contribution in [3.8, 4) is 0 Å². The normalized spacial score (nSPS) is 26.4. The lowest BCUT2D eigenvalue weighted by Crippen LogP contribution is -2.29. The van der Waals surface area contributed by atoms with Crippen molar-refractivity contribution < 1.29 is 19.0 Å². The van der Waals surface area contributed by atoms with Crippen LogP contribution in [0.1, 0.15) is 26.2 Å². The fourth-order valence-electron chi connectivity index (χ4n) is 1.72. The van der Waals surface area contributed by atoms with E-state index in [2.05, 4.69) is 0 Å². The Morgan fingerprint density at radius 1 is 1.67 bits per heavy atom. The largest absolute Gasteiger partial charge is 0.385 e. The molecule has 1 aliphatic heterocycles. The summed E-state index contributed by atoms with van der Waals surface area (Å²) in [5, 5.41) is 9.14. The Morgan fingerprint density at radius 3 is 2.93 bits per heavy atom. The van der Waals surface area contributed by atoms with Gasteiger partial charge in [0.05, 0.1) is 12.6 Å². The van der Waals surface area contributed by atoms with E-state index in [9.17, 15) is 9.36 Å². The van der Waals surface area contributed by atoms with Gasteiger partial charge in [0.2, 0.25) is 0 Å². The summed E-state index contributed by atoms with van der Waals surface area (Å²) >= 11 is 0. The number of aldehydes is 1. The molecule has 2 atom stereocenters. The van der Waals surface area contributed by atoms with Crippen molar-refractivity contribution in [2.24, 2.45) is 0 Å². The SMILES string of the molecule is CCCOP(=O)(CO)N1CCC[C@H]1C=O. The zero-order valence-corrected chi connectivity index (χ0v) is 9.86. The van der Waals surface area contributed by atoms with Crippen molar-refractivity contribution >= 4 is 13.8 Å². The molecular weight excluding hydrogens is 217 g/mol. The molecule has 0 aliphatic carbocycles. The Morgan fingerprint density at radius 2 is 2.40 bits per heavy atom. The van der Waals surface area contributed by atoms with Gasteiger partial charge in [0.25, 0.3) is 7.52 Å². The van der Waals surface area contributed by atoms with E-state index >= 15 is 0 Å². The van der Waals surface area contributed by atoms with E-state index in [-0.39, 0.29) is 6.04 Å². The first-order chi connectivity index (χ1) is 7.18. The van der Waals surface area contributed by atoms with Gasteiger partial charge in [-0.25, -0.2) is 4.67 Å². The summed E-state index contributed by atoms with van der Waals surface area (Å²) in [6.45, 7) is 2.81. The van der Waals surface area contributed by atoms with E-state index in [1.54, 1.807) is 0 Å². The van der Waals surface area contributed by atoms with Crippen molar-refractivity contribution in [1.29, 1.82) is 0 Å². The van der Waals surface area contributed by atoms with Crippen LogP contribution < -0.4 is 0 Å². The number of nitrogens with zero attached hydrogens (tertiary/aromatic N) is 1. The molecule has 6 heteroatoms. The van der Waals surface area contributed by atoms with Crippen molar-refractivity contribution in [2.75, 3.05) is 19.5 Å². The van der Waals surface area contributed by atoms with Crippen LogP contribution in [0.5, 0.6) is 0 Å². The Bertz CT molecular complexity index is 258. The van der Waals surface area contributed by atoms with Crippen LogP contribution in [0.2, 0.25) is 0 Å². The first kappa shape index (κ1) is 12.8. The summed E-state index contributed by atoms with van der Waals surface area (Å²) in [5.41, 5.74) is 0. The molecule has 15 heavy (non-hydrogen) atoms. The van der Waals surface area contributed by atoms with E-state index in [4.69, 9.17) is 9.63 Å². The van der Waals surface area contributed by atoms with Crippen molar-refractivity contribution in [2.45, 2.75) is 32.2 Å². The van der Waals surface area contributed by atoms with Crippen molar-refractivity contribution in [1.82, 2.24) is 4.67 Å². The molecule has 0 aromatic rings. The monoisotopic (exact) mass is 235 g/mol. The Balaban J connectivity index is 2.71. The van der Waals surface area contributed by atoms with Gasteiger partial charge < -0.3 is 14.4 Å². The lowest BCUT2D eigenvalue weighted by molar-refractivity contribution is -0.110. The van der Waals surface area contributed by atoms with Crippen LogP contribution in [0.15, 0.2) is 0 Å². The predicted molar refractivity (Wildman–Crippen MR) is 56.7 cm³/mol. The summed E-state index contributed by atoms with van der Waals surface area (Å²) in [4.78, 5) is 10.8. The third-order valence-electron chi connectivity index (χ3n) is 2.49. The Hall–Kier alpha value is -0.220. The maximum atomic E-state index is 12.2. The minimum Gasteiger partial charge on any atom is -0.385 e. The molecule has 0 bridgehead atoms. The first-order valence-electron chi connectivity index (χ1n) is 5.25. The molecule has 0 spiro atoms. The number of carbonyl (C=O) groups is 1. The van der Waals surface area contributed by atoms with Crippen LogP contribution in [-0.4, -0.2) is 41.6 Å². The topological polar surface area (TPSA) is 66.8 Å². The summed E-state index contributed by atoms with van der Waals surface area (Å²) in [6, 6.07) is -0.361. The molecule has 1 unspecified atom stereocenters. The third kappa shape index (κ3) is 2.88. The van der Waals surface area contributed by atoms with Gasteiger partial charge in [-0.05, 0) is 19.3 Å². The lowest BCUT2D eigenvalue weighted by atomic mass is 10.2. The van der Waals surface area contributed by atoms with E-state index in [0.29, 0.717) is 19.6 Å². The maximum absolute atomic E-state index is 12.2. The minimum absolute atomic E-state index is 0.347. The van der Waals surface area contributed by atoms with Crippen LogP contribution in [0.25, 0.3) is 0 Å². The number of hydrogen-bond donors (Lipinski definition) is 1. The molecule has 5 nitrogen and oxygen atoms in total. The molecular formula is C9H18NO4P. The minimum atomic E-state index is -3.18. The van der Waals surface area contributed by atoms with E-state index in [1.807, 2.05) is 6.92 Å². The van der Waals surface area contributed by atoms with Gasteiger partial charge in [0.1, 0.15) is 12.6 Å². The van der Waals surface area contributed by atoms with Crippen LogP contribution >= 0.6 is 7.52 Å². The highest BCUT2D eigenvalue weighted by Crippen LogP contribution is 2.53. The molecule has 0 amide bonds. The first-order valence-corrected chi connectivity index (χ1v) is 7.01. The average Bonchev–Trinajstić information content (AvgIpc) is 2.74. The van der Waals surface area contributed by atoms with Gasteiger partial charge in [-0.2, -0.15) is 0 Å². The Kier molecular flexibility index (Phi) is 4.93. The maximum Gasteiger partial charge on any atom is 0.297 e. The highest BCUT2D eigenvalue weighted by Gasteiger charge is 2.39. The van der Waals surface area contributed by atoms with Crippen molar-refractivity contribution in [3.63, 3.8) is 0 Å². The fraction of sp³-hybridized carbons (Fsp3) is 0.889. The smallest absolute Gasteiger partial charge is 0.297 e. The summed E-state index contributed by atoms with van der Waals surface area (Å²) in [5.74, 6) is 0. The summed E-state index contributed by atoms with van der Waals surface area (Å²) in [7, 11) is -3.18. The number of hydrogen-bond acceptors (Lipinski definition) is 4. The standard InChI is InChI=1S/C9H18NO4P/c1-2-6-14-15(13,8-12)10-5-3-4-9(10)7-11/h7,9,12H,2-6,8H2,1H3/t9-,15?/m0/s1. The number of aliphatic hydroxyl groups is 1. The molecule has 1 saturated heterocycles. The van der Waals surface area contributed by atoms with E-state index in [0.717, 1.165) is 19.1 Å². The van der Waals surface area contributed by atoms with Crippen LogP contribution in [0.4, 0.5) is 0 Å². The molecule has 1 rings (SSSR count).